The first-order valence-electron chi connectivity index (χ1n) is 1.84. The minimum absolute atomic E-state index is 0. The van der Waals surface area contributed by atoms with Gasteiger partial charge in [-0.1, -0.05) is 0 Å². The monoisotopic (exact) mass is 297 g/mol. The third-order valence-corrected chi connectivity index (χ3v) is 0.175. The summed E-state index contributed by atoms with van der Waals surface area (Å²) < 4.78 is 0. The van der Waals surface area contributed by atoms with E-state index in [-0.39, 0.29) is 32.7 Å². The Morgan fingerprint density at radius 1 is 1.50 bits per heavy atom. The molecule has 8 heteroatoms. The average Bonchev–Trinajstić information content (AvgIpc) is 1.65. The molecule has 3 nitrogen and oxygen atoms in total. The van der Waals surface area contributed by atoms with Crippen LogP contribution in [0.5, 0.6) is 0 Å². The van der Waals surface area contributed by atoms with Crippen LogP contribution in [0.3, 0.4) is 0 Å². The number of carboxylic acids is 1. The van der Waals surface area contributed by atoms with Crippen molar-refractivity contribution >= 4 is 47.5 Å². The van der Waals surface area contributed by atoms with E-state index in [1.165, 1.54) is 0 Å². The third kappa shape index (κ3) is 53.5. The van der Waals surface area contributed by atoms with Gasteiger partial charge in [0.05, 0.1) is 6.54 Å². The second-order valence-corrected chi connectivity index (χ2v) is 7.28. The molecule has 0 aliphatic carbocycles. The van der Waals surface area contributed by atoms with Gasteiger partial charge in [-0.25, -0.2) is 30.1 Å². The van der Waals surface area contributed by atoms with Gasteiger partial charge >= 0.3 is 17.4 Å². The first-order chi connectivity index (χ1) is 4.00. The van der Waals surface area contributed by atoms with Crippen LogP contribution in [0.25, 0.3) is 0 Å². The minimum atomic E-state index is -1.72. The molecule has 0 heterocycles. The molecule has 0 radical (unpaired) electrons. The Kier molecular flexibility index (Phi) is 23.6. The van der Waals surface area contributed by atoms with Gasteiger partial charge in [0, 0.05) is 26.2 Å². The predicted octanol–water partition coefficient (Wildman–Crippen LogP) is 0.715. The summed E-state index contributed by atoms with van der Waals surface area (Å²) in [6.45, 7) is -0.278. The molecule has 0 saturated carbocycles. The smallest absolute Gasteiger partial charge is 0.480 e. The molecule has 0 fully saturated rings. The molecule has 0 aliphatic heterocycles. The molecule has 0 aromatic heterocycles. The van der Waals surface area contributed by atoms with Crippen LogP contribution in [0.2, 0.25) is 0 Å². The molecule has 0 saturated heterocycles. The largest absolute Gasteiger partial charge is 0.643 e. The molecule has 0 aliphatic rings. The Balaban J connectivity index is -0.0000000910. The van der Waals surface area contributed by atoms with Crippen molar-refractivity contribution < 1.29 is 36.1 Å². The summed E-state index contributed by atoms with van der Waals surface area (Å²) in [5.41, 5.74) is 4.57. The molecule has 3 N–H and O–H groups in total. The van der Waals surface area contributed by atoms with Crippen molar-refractivity contribution in [1.82, 2.24) is 0 Å². The molecule has 10 heavy (non-hydrogen) atoms. The van der Waals surface area contributed by atoms with Gasteiger partial charge in [-0.2, -0.15) is 0 Å². The Morgan fingerprint density at radius 2 is 1.60 bits per heavy atom. The molecular weight excluding hydrogens is 295 g/mol. The molecule has 0 rings (SSSR count). The van der Waals surface area contributed by atoms with Crippen molar-refractivity contribution in [2.75, 3.05) is 6.54 Å². The number of aliphatic carboxylic acids is 1. The van der Waals surface area contributed by atoms with E-state index in [4.69, 9.17) is 35.3 Å². The van der Waals surface area contributed by atoms with Gasteiger partial charge in [-0.3, -0.25) is 4.79 Å². The van der Waals surface area contributed by atoms with Crippen LogP contribution in [0.1, 0.15) is 0 Å². The van der Waals surface area contributed by atoms with Gasteiger partial charge in [0.25, 0.3) is 0 Å². The molecule has 0 unspecified atom stereocenters. The van der Waals surface area contributed by atoms with Gasteiger partial charge in [0.2, 0.25) is 0 Å². The number of rotatable bonds is 1. The molecule has 0 amide bonds. The third-order valence-electron chi connectivity index (χ3n) is 0.175. The van der Waals surface area contributed by atoms with Crippen molar-refractivity contribution in [2.24, 2.45) is 5.73 Å². The molecule has 0 atom stereocenters. The first-order valence-corrected chi connectivity index (χ1v) is 7.08. The summed E-state index contributed by atoms with van der Waals surface area (Å²) in [5.74, 6) is -0.968. The first kappa shape index (κ1) is 17.7. The average molecular weight is 300 g/mol. The summed E-state index contributed by atoms with van der Waals surface area (Å²) in [5, 5.41) is 7.60. The van der Waals surface area contributed by atoms with Crippen molar-refractivity contribution in [2.45, 2.75) is 0 Å². The van der Waals surface area contributed by atoms with E-state index in [2.05, 4.69) is 5.73 Å². The second kappa shape index (κ2) is 13.3. The van der Waals surface area contributed by atoms with Crippen LogP contribution >= 0.6 is 30.1 Å². The van der Waals surface area contributed by atoms with E-state index in [1.807, 2.05) is 0 Å². The molecule has 0 spiro atoms. The van der Waals surface area contributed by atoms with Gasteiger partial charge in [0.1, 0.15) is 0 Å². The Morgan fingerprint density at radius 3 is 1.60 bits per heavy atom. The van der Waals surface area contributed by atoms with E-state index in [0.29, 0.717) is 0 Å². The number of hydrogen-bond acceptors (Lipinski definition) is 2. The summed E-state index contributed by atoms with van der Waals surface area (Å²) in [7, 11) is 14.8. The van der Waals surface area contributed by atoms with Crippen molar-refractivity contribution in [1.29, 1.82) is 0 Å². The van der Waals surface area contributed by atoms with Crippen molar-refractivity contribution in [3.05, 3.63) is 0 Å². The number of carboxylic acid groups (broad SMARTS) is 1. The number of carbonyl (C=O) groups is 1. The van der Waals surface area contributed by atoms with Crippen LogP contribution in [0.15, 0.2) is 0 Å². The van der Waals surface area contributed by atoms with Crippen LogP contribution in [-0.2, 0) is 31.0 Å². The van der Waals surface area contributed by atoms with Crippen LogP contribution in [-0.4, -0.2) is 29.0 Å². The standard InChI is InChI=1S/C2H5NO2.Al.3ClH.Zr/c3-1-2(4)5;;;;;/h1,3H2,(H,4,5);;3*1H;/q;+3;;;;/p-3. The molecule has 58 valence electrons. The zero-order chi connectivity index (χ0) is 7.86. The second-order valence-electron chi connectivity index (χ2n) is 0.845. The Labute approximate surface area is 94.9 Å². The zero-order valence-electron chi connectivity index (χ0n) is 4.85. The quantitative estimate of drug-likeness (QED) is 0.701. The molecule has 0 aromatic carbocycles. The fraction of sp³-hybridized carbons (Fsp3) is 0.500. The maximum atomic E-state index is 9.24. The van der Waals surface area contributed by atoms with Crippen LogP contribution in [0, 0.1) is 0 Å². The predicted molar refractivity (Wildman–Crippen MR) is 40.0 cm³/mol. The summed E-state index contributed by atoms with van der Waals surface area (Å²) in [4.78, 5) is 9.24. The number of hydrogen-bond donors (Lipinski definition) is 2. The van der Waals surface area contributed by atoms with Crippen LogP contribution < -0.4 is 5.73 Å². The molecule has 0 bridgehead atoms. The maximum absolute atomic E-state index is 9.24. The van der Waals surface area contributed by atoms with E-state index >= 15 is 0 Å². The van der Waals surface area contributed by atoms with Gasteiger partial charge in [0.15, 0.2) is 0 Å². The van der Waals surface area contributed by atoms with E-state index in [0.717, 1.165) is 0 Å². The van der Waals surface area contributed by atoms with Crippen LogP contribution in [0.4, 0.5) is 0 Å². The zero-order valence-corrected chi connectivity index (χ0v) is 10.7. The molecule has 0 aromatic rings. The van der Waals surface area contributed by atoms with Gasteiger partial charge in [-0.05, 0) is 0 Å². The SMILES string of the molecule is NCC(=O)O.[Cl][Al]([Cl])[Cl].[Zr]. The van der Waals surface area contributed by atoms with Gasteiger partial charge < -0.3 is 10.8 Å². The fourth-order valence-corrected chi connectivity index (χ4v) is 0. The fourth-order valence-electron chi connectivity index (χ4n) is 0. The number of halogens is 3. The topological polar surface area (TPSA) is 63.3 Å². The Bertz CT molecular complexity index is 82.1. The summed E-state index contributed by atoms with van der Waals surface area (Å²) >= 11 is -1.72. The summed E-state index contributed by atoms with van der Waals surface area (Å²) in [6.07, 6.45) is 0. The van der Waals surface area contributed by atoms with Crippen molar-refractivity contribution in [3.63, 3.8) is 0 Å². The summed E-state index contributed by atoms with van der Waals surface area (Å²) in [6, 6.07) is 0. The van der Waals surface area contributed by atoms with E-state index in [9.17, 15) is 4.79 Å². The van der Waals surface area contributed by atoms with Gasteiger partial charge in [-0.15, -0.1) is 0 Å². The van der Waals surface area contributed by atoms with E-state index < -0.39 is 17.4 Å². The number of nitrogens with two attached hydrogens (primary N) is 1. The normalized spacial score (nSPS) is 6.40. The van der Waals surface area contributed by atoms with E-state index in [1.54, 1.807) is 0 Å². The minimum Gasteiger partial charge on any atom is -0.480 e. The maximum Gasteiger partial charge on any atom is 0.643 e. The molecular formula is C2H5AlCl3NO2Zr. The van der Waals surface area contributed by atoms with Crippen molar-refractivity contribution in [3.8, 4) is 0 Å². The Hall–Kier alpha value is 1.72.